The van der Waals surface area contributed by atoms with Crippen LogP contribution >= 0.6 is 0 Å². The van der Waals surface area contributed by atoms with Gasteiger partial charge in [-0.15, -0.1) is 0 Å². The molecule has 0 radical (unpaired) electrons. The van der Waals surface area contributed by atoms with Gasteiger partial charge in [-0.2, -0.15) is 0 Å². The van der Waals surface area contributed by atoms with Gasteiger partial charge in [0.05, 0.1) is 34.3 Å². The van der Waals surface area contributed by atoms with E-state index < -0.39 is 35.2 Å². The molecule has 0 aliphatic carbocycles. The first-order valence-corrected chi connectivity index (χ1v) is 10.6. The topological polar surface area (TPSA) is 145 Å². The predicted octanol–water partition coefficient (Wildman–Crippen LogP) is 2.47. The molecule has 2 aromatic carbocycles. The maximum absolute atomic E-state index is 12.7. The molecule has 0 saturated carbocycles. The van der Waals surface area contributed by atoms with Crippen molar-refractivity contribution in [1.29, 1.82) is 0 Å². The van der Waals surface area contributed by atoms with Crippen LogP contribution in [-0.2, 0) is 14.3 Å². The number of nitro benzene ring substituents is 1. The highest BCUT2D eigenvalue weighted by Crippen LogP contribution is 2.26. The number of amides is 3. The highest BCUT2D eigenvalue weighted by Gasteiger charge is 2.38. The number of aryl methyl sites for hydroxylation is 1. The zero-order valence-electron chi connectivity index (χ0n) is 18.2. The van der Waals surface area contributed by atoms with Gasteiger partial charge in [-0.1, -0.05) is 6.07 Å². The Balaban J connectivity index is 1.37. The molecule has 2 aliphatic rings. The highest BCUT2D eigenvalue weighted by molar-refractivity contribution is 6.22. The molecule has 1 saturated heterocycles. The molecule has 1 fully saturated rings. The van der Waals surface area contributed by atoms with Crippen molar-refractivity contribution in [1.82, 2.24) is 4.90 Å². The summed E-state index contributed by atoms with van der Waals surface area (Å²) in [4.78, 5) is 61.4. The molecule has 3 amide bonds. The lowest BCUT2D eigenvalue weighted by molar-refractivity contribution is -0.385. The number of carbonyl (C=O) groups excluding carboxylic acids is 4. The lowest BCUT2D eigenvalue weighted by Crippen LogP contribution is -2.36. The van der Waals surface area contributed by atoms with E-state index in [1.807, 2.05) is 0 Å². The van der Waals surface area contributed by atoms with E-state index in [2.05, 4.69) is 5.32 Å². The fraction of sp³-hybridized carbons (Fsp3) is 0.304. The Morgan fingerprint density at radius 1 is 1.18 bits per heavy atom. The zero-order chi connectivity index (χ0) is 24.4. The van der Waals surface area contributed by atoms with Crippen molar-refractivity contribution in [2.45, 2.75) is 25.9 Å². The van der Waals surface area contributed by atoms with Crippen LogP contribution in [-0.4, -0.2) is 59.4 Å². The van der Waals surface area contributed by atoms with Gasteiger partial charge in [0, 0.05) is 23.9 Å². The minimum absolute atomic E-state index is 0.0117. The quantitative estimate of drug-likeness (QED) is 0.283. The van der Waals surface area contributed by atoms with Gasteiger partial charge in [0.1, 0.15) is 0 Å². The number of hydrogen-bond acceptors (Lipinski definition) is 8. The maximum atomic E-state index is 12.7. The van der Waals surface area contributed by atoms with E-state index in [4.69, 9.17) is 9.47 Å². The summed E-state index contributed by atoms with van der Waals surface area (Å²) in [7, 11) is 0. The van der Waals surface area contributed by atoms with Crippen molar-refractivity contribution in [2.24, 2.45) is 0 Å². The minimum atomic E-state index is -0.856. The van der Waals surface area contributed by atoms with Gasteiger partial charge in [-0.3, -0.25) is 29.4 Å². The number of nitrogens with one attached hydrogen (secondary N) is 1. The van der Waals surface area contributed by atoms with Crippen molar-refractivity contribution < 1.29 is 33.6 Å². The van der Waals surface area contributed by atoms with Crippen LogP contribution in [0, 0.1) is 17.0 Å². The summed E-state index contributed by atoms with van der Waals surface area (Å²) < 4.78 is 10.5. The van der Waals surface area contributed by atoms with Gasteiger partial charge < -0.3 is 14.8 Å². The minimum Gasteiger partial charge on any atom is -0.452 e. The number of hydrogen-bond donors (Lipinski definition) is 1. The van der Waals surface area contributed by atoms with Crippen LogP contribution in [0.1, 0.15) is 49.5 Å². The Morgan fingerprint density at radius 3 is 2.65 bits per heavy atom. The molecule has 1 atom stereocenters. The molecule has 34 heavy (non-hydrogen) atoms. The van der Waals surface area contributed by atoms with Gasteiger partial charge in [-0.25, -0.2) is 4.79 Å². The Morgan fingerprint density at radius 2 is 1.94 bits per heavy atom. The Hall–Kier alpha value is -4.12. The van der Waals surface area contributed by atoms with E-state index in [1.165, 1.54) is 36.4 Å². The first-order valence-electron chi connectivity index (χ1n) is 10.6. The summed E-state index contributed by atoms with van der Waals surface area (Å²) in [6.07, 6.45) is 1.45. The lowest BCUT2D eigenvalue weighted by atomic mass is 10.1. The third-order valence-corrected chi connectivity index (χ3v) is 5.64. The molecule has 176 valence electrons. The number of nitro groups is 1. The molecule has 11 nitrogen and oxygen atoms in total. The van der Waals surface area contributed by atoms with E-state index in [0.717, 1.165) is 17.7 Å². The van der Waals surface area contributed by atoms with Crippen molar-refractivity contribution in [3.63, 3.8) is 0 Å². The Labute approximate surface area is 193 Å². The number of imide groups is 1. The predicted molar refractivity (Wildman–Crippen MR) is 118 cm³/mol. The van der Waals surface area contributed by atoms with Crippen LogP contribution in [0.4, 0.5) is 11.4 Å². The van der Waals surface area contributed by atoms with Gasteiger partial charge in [0.2, 0.25) is 0 Å². The van der Waals surface area contributed by atoms with Crippen LogP contribution < -0.4 is 5.32 Å². The van der Waals surface area contributed by atoms with Gasteiger partial charge >= 0.3 is 5.97 Å². The fourth-order valence-electron chi connectivity index (χ4n) is 3.87. The summed E-state index contributed by atoms with van der Waals surface area (Å²) >= 11 is 0. The van der Waals surface area contributed by atoms with E-state index in [0.29, 0.717) is 12.2 Å². The molecule has 2 aliphatic heterocycles. The molecule has 0 spiro atoms. The number of esters is 1. The number of benzene rings is 2. The van der Waals surface area contributed by atoms with E-state index in [9.17, 15) is 29.3 Å². The second-order valence-corrected chi connectivity index (χ2v) is 8.00. The average molecular weight is 467 g/mol. The monoisotopic (exact) mass is 467 g/mol. The lowest BCUT2D eigenvalue weighted by Gasteiger charge is -2.17. The molecule has 11 heteroatoms. The summed E-state index contributed by atoms with van der Waals surface area (Å²) in [6, 6.07) is 8.20. The number of rotatable bonds is 7. The molecular formula is C23H21N3O8. The smallest absolute Gasteiger partial charge is 0.338 e. The first kappa shape index (κ1) is 23.1. The van der Waals surface area contributed by atoms with E-state index >= 15 is 0 Å². The van der Waals surface area contributed by atoms with Crippen LogP contribution in [0.15, 0.2) is 36.4 Å². The summed E-state index contributed by atoms with van der Waals surface area (Å²) in [5, 5.41) is 13.5. The van der Waals surface area contributed by atoms with Crippen molar-refractivity contribution in [3.8, 4) is 0 Å². The first-order chi connectivity index (χ1) is 16.2. The molecule has 2 heterocycles. The van der Waals surface area contributed by atoms with Crippen LogP contribution in [0.2, 0.25) is 0 Å². The molecular weight excluding hydrogens is 446 g/mol. The summed E-state index contributed by atoms with van der Waals surface area (Å²) in [5.74, 6) is -2.50. The number of carbonyl (C=O) groups is 4. The molecule has 0 bridgehead atoms. The van der Waals surface area contributed by atoms with Crippen molar-refractivity contribution >= 4 is 35.1 Å². The van der Waals surface area contributed by atoms with Crippen molar-refractivity contribution in [2.75, 3.05) is 25.1 Å². The average Bonchev–Trinajstić information content (AvgIpc) is 3.41. The summed E-state index contributed by atoms with van der Waals surface area (Å²) in [6.45, 7) is 1.68. The standard InChI is InChI=1S/C23H21N3O8/c1-13-4-6-15(10-19(13)26(31)32)24-20(27)12-34-23(30)14-5-7-17-18(9-14)22(29)25(21(17)28)11-16-3-2-8-33-16/h4-7,9-10,16H,2-3,8,11-12H2,1H3,(H,24,27)/t16-/m0/s1. The third kappa shape index (κ3) is 4.64. The molecule has 4 rings (SSSR count). The Kier molecular flexibility index (Phi) is 6.37. The zero-order valence-corrected chi connectivity index (χ0v) is 18.2. The molecule has 0 unspecified atom stereocenters. The van der Waals surface area contributed by atoms with Crippen LogP contribution in [0.25, 0.3) is 0 Å². The largest absolute Gasteiger partial charge is 0.452 e. The van der Waals surface area contributed by atoms with Crippen LogP contribution in [0.3, 0.4) is 0 Å². The highest BCUT2D eigenvalue weighted by atomic mass is 16.6. The fourth-order valence-corrected chi connectivity index (χ4v) is 3.87. The van der Waals surface area contributed by atoms with Gasteiger partial charge in [0.15, 0.2) is 6.61 Å². The van der Waals surface area contributed by atoms with Crippen molar-refractivity contribution in [3.05, 3.63) is 68.8 Å². The van der Waals surface area contributed by atoms with Crippen LogP contribution in [0.5, 0.6) is 0 Å². The van der Waals surface area contributed by atoms with Gasteiger partial charge in [0.25, 0.3) is 23.4 Å². The molecule has 1 N–H and O–H groups in total. The van der Waals surface area contributed by atoms with E-state index in [1.54, 1.807) is 6.92 Å². The second-order valence-electron chi connectivity index (χ2n) is 8.00. The SMILES string of the molecule is Cc1ccc(NC(=O)COC(=O)c2ccc3c(c2)C(=O)N(C[C@@H]2CCCO2)C3=O)cc1[N+](=O)[O-]. The molecule has 2 aromatic rings. The number of ether oxygens (including phenoxy) is 2. The van der Waals surface area contributed by atoms with Gasteiger partial charge in [-0.05, 0) is 44.0 Å². The summed E-state index contributed by atoms with van der Waals surface area (Å²) in [5.41, 5.74) is 0.769. The Bertz CT molecular complexity index is 1200. The second kappa shape index (κ2) is 9.40. The number of nitrogens with zero attached hydrogens (tertiary/aromatic N) is 2. The normalized spacial score (nSPS) is 17.0. The van der Waals surface area contributed by atoms with E-state index in [-0.39, 0.29) is 40.7 Å². The number of anilines is 1. The number of fused-ring (bicyclic) bond motifs is 1. The third-order valence-electron chi connectivity index (χ3n) is 5.64. The maximum Gasteiger partial charge on any atom is 0.338 e. The molecule has 0 aromatic heterocycles.